The Morgan fingerprint density at radius 2 is 1.21 bits per heavy atom. The van der Waals surface area contributed by atoms with Crippen LogP contribution in [0.5, 0.6) is 0 Å². The zero-order valence-electron chi connectivity index (χ0n) is 12.0. The maximum absolute atomic E-state index is 10.4. The molecule has 0 saturated heterocycles. The summed E-state index contributed by atoms with van der Waals surface area (Å²) in [5, 5.41) is 28.2. The van der Waals surface area contributed by atoms with Crippen LogP contribution in [0.3, 0.4) is 0 Å². The molecule has 2 aromatic heterocycles. The summed E-state index contributed by atoms with van der Waals surface area (Å²) < 4.78 is 9.80. The number of hydrogen-bond acceptors (Lipinski definition) is 8. The highest BCUT2D eigenvalue weighted by atomic mass is 16.7. The Hall–Kier alpha value is -3.82. The highest BCUT2D eigenvalue weighted by Gasteiger charge is 2.10. The lowest BCUT2D eigenvalue weighted by atomic mass is 10.4. The fourth-order valence-electron chi connectivity index (χ4n) is 1.49. The lowest BCUT2D eigenvalue weighted by Gasteiger charge is -1.82. The van der Waals surface area contributed by atoms with E-state index in [1.165, 1.54) is 61.0 Å². The lowest BCUT2D eigenvalue weighted by Crippen LogP contribution is -1.82. The minimum atomic E-state index is -0.629. The van der Waals surface area contributed by atoms with Gasteiger partial charge in [0.15, 0.2) is 0 Å². The third-order valence-corrected chi connectivity index (χ3v) is 2.48. The Morgan fingerprint density at radius 1 is 0.792 bits per heavy atom. The van der Waals surface area contributed by atoms with Crippen LogP contribution in [-0.2, 0) is 0 Å². The van der Waals surface area contributed by atoms with Gasteiger partial charge in [0.1, 0.15) is 21.4 Å². The van der Waals surface area contributed by atoms with Crippen LogP contribution in [-0.4, -0.2) is 22.3 Å². The van der Waals surface area contributed by atoms with Crippen molar-refractivity contribution in [2.24, 2.45) is 10.2 Å². The van der Waals surface area contributed by atoms with E-state index in [1.54, 1.807) is 0 Å². The molecule has 10 nitrogen and oxygen atoms in total. The van der Waals surface area contributed by atoms with E-state index in [0.717, 1.165) is 0 Å². The molecule has 2 heterocycles. The molecule has 0 unspecified atom stereocenters. The first kappa shape index (κ1) is 16.5. The van der Waals surface area contributed by atoms with Gasteiger partial charge in [0.25, 0.3) is 0 Å². The van der Waals surface area contributed by atoms with E-state index in [-0.39, 0.29) is 11.8 Å². The second-order valence-corrected chi connectivity index (χ2v) is 4.11. The average Bonchev–Trinajstić information content (AvgIpc) is 3.19. The first-order valence-corrected chi connectivity index (χ1v) is 6.44. The lowest BCUT2D eigenvalue weighted by molar-refractivity contribution is -0.402. The molecule has 0 bridgehead atoms. The highest BCUT2D eigenvalue weighted by Crippen LogP contribution is 2.17. The van der Waals surface area contributed by atoms with Crippen LogP contribution in [0, 0.1) is 20.2 Å². The Morgan fingerprint density at radius 3 is 1.54 bits per heavy atom. The monoisotopic (exact) mass is 330 g/mol. The Labute approximate surface area is 134 Å². The Kier molecular flexibility index (Phi) is 5.50. The molecule has 2 rings (SSSR count). The minimum Gasteiger partial charge on any atom is -0.401 e. The summed E-state index contributed by atoms with van der Waals surface area (Å²) in [5.41, 5.74) is 0. The fourth-order valence-corrected chi connectivity index (χ4v) is 1.49. The minimum absolute atomic E-state index is 0.316. The van der Waals surface area contributed by atoms with Gasteiger partial charge in [-0.05, 0) is 36.4 Å². The van der Waals surface area contributed by atoms with Gasteiger partial charge in [0, 0.05) is 12.4 Å². The molecule has 0 amide bonds. The molecule has 0 radical (unpaired) electrons. The molecule has 24 heavy (non-hydrogen) atoms. The summed E-state index contributed by atoms with van der Waals surface area (Å²) in [5.74, 6) is -0.0475. The molecule has 0 spiro atoms. The zero-order chi connectivity index (χ0) is 17.4. The molecule has 0 N–H and O–H groups in total. The van der Waals surface area contributed by atoms with E-state index >= 15 is 0 Å². The third kappa shape index (κ3) is 4.87. The van der Waals surface area contributed by atoms with Crippen LogP contribution in [0.15, 0.2) is 55.5 Å². The van der Waals surface area contributed by atoms with Gasteiger partial charge in [-0.3, -0.25) is 20.2 Å². The van der Waals surface area contributed by atoms with Gasteiger partial charge in [0.2, 0.25) is 0 Å². The second-order valence-electron chi connectivity index (χ2n) is 4.11. The predicted octanol–water partition coefficient (Wildman–Crippen LogP) is 3.47. The molecule has 122 valence electrons. The number of allylic oxidation sites excluding steroid dienone is 2. The molecule has 0 aliphatic heterocycles. The van der Waals surface area contributed by atoms with E-state index in [9.17, 15) is 20.2 Å². The van der Waals surface area contributed by atoms with Gasteiger partial charge in [-0.2, -0.15) is 10.2 Å². The van der Waals surface area contributed by atoms with Crippen LogP contribution in [0.1, 0.15) is 11.5 Å². The smallest absolute Gasteiger partial charge is 0.401 e. The highest BCUT2D eigenvalue weighted by molar-refractivity contribution is 5.80. The number of nitro groups is 2. The number of furan rings is 2. The van der Waals surface area contributed by atoms with Gasteiger partial charge >= 0.3 is 11.8 Å². The van der Waals surface area contributed by atoms with Crippen LogP contribution >= 0.6 is 0 Å². The van der Waals surface area contributed by atoms with Crippen molar-refractivity contribution in [2.75, 3.05) is 0 Å². The summed E-state index contributed by atoms with van der Waals surface area (Å²) >= 11 is 0. The van der Waals surface area contributed by atoms with Crippen LogP contribution in [0.2, 0.25) is 0 Å². The average molecular weight is 330 g/mol. The SMILES string of the molecule is O=[N+]([O-])c1ccc(\C=C/C=N/N=C/C=C\c2ccc([N+](=O)[O-])o2)o1. The molecular formula is C14H10N4O6. The van der Waals surface area contributed by atoms with Crippen molar-refractivity contribution in [1.82, 2.24) is 0 Å². The number of rotatable bonds is 7. The molecule has 0 atom stereocenters. The van der Waals surface area contributed by atoms with E-state index < -0.39 is 9.85 Å². The van der Waals surface area contributed by atoms with Gasteiger partial charge in [-0.25, -0.2) is 0 Å². The van der Waals surface area contributed by atoms with Crippen molar-refractivity contribution in [3.05, 3.63) is 68.2 Å². The molecule has 10 heteroatoms. The number of hydrogen-bond donors (Lipinski definition) is 0. The molecular weight excluding hydrogens is 320 g/mol. The first-order valence-electron chi connectivity index (χ1n) is 6.44. The summed E-state index contributed by atoms with van der Waals surface area (Å²) in [6.07, 6.45) is 8.69. The summed E-state index contributed by atoms with van der Waals surface area (Å²) in [7, 11) is 0. The molecule has 0 fully saturated rings. The van der Waals surface area contributed by atoms with Crippen molar-refractivity contribution >= 4 is 36.3 Å². The van der Waals surface area contributed by atoms with Crippen molar-refractivity contribution in [3.8, 4) is 0 Å². The van der Waals surface area contributed by atoms with Gasteiger partial charge < -0.3 is 8.83 Å². The topological polar surface area (TPSA) is 137 Å². The number of nitrogens with zero attached hydrogens (tertiary/aromatic N) is 4. The molecule has 0 aliphatic rings. The van der Waals surface area contributed by atoms with Gasteiger partial charge in [-0.1, -0.05) is 0 Å². The summed E-state index contributed by atoms with van der Waals surface area (Å²) in [4.78, 5) is 19.6. The van der Waals surface area contributed by atoms with Crippen LogP contribution < -0.4 is 0 Å². The van der Waals surface area contributed by atoms with Crippen molar-refractivity contribution in [1.29, 1.82) is 0 Å². The first-order chi connectivity index (χ1) is 11.6. The zero-order valence-corrected chi connectivity index (χ0v) is 12.0. The van der Waals surface area contributed by atoms with E-state index in [0.29, 0.717) is 11.5 Å². The van der Waals surface area contributed by atoms with Gasteiger partial charge in [0.05, 0.1) is 12.1 Å². The van der Waals surface area contributed by atoms with Crippen molar-refractivity contribution in [2.45, 2.75) is 0 Å². The standard InChI is InChI=1S/C14H10N4O6/c19-17(20)13-7-5-11(23-13)3-1-9-15-16-10-2-4-12-6-8-14(24-12)18(21)22/h1-10H/b3-1-,4-2-,15-9+,16-10+. The van der Waals surface area contributed by atoms with Crippen LogP contribution in [0.4, 0.5) is 11.8 Å². The maximum atomic E-state index is 10.4. The predicted molar refractivity (Wildman–Crippen MR) is 85.8 cm³/mol. The molecule has 0 saturated carbocycles. The quantitative estimate of drug-likeness (QED) is 0.433. The Balaban J connectivity index is 1.81. The summed E-state index contributed by atoms with van der Waals surface area (Å²) in [6.45, 7) is 0. The molecule has 2 aromatic rings. The van der Waals surface area contributed by atoms with E-state index in [2.05, 4.69) is 10.2 Å². The summed E-state index contributed by atoms with van der Waals surface area (Å²) in [6, 6.07) is 5.41. The Bertz CT molecular complexity index is 773. The normalized spacial score (nSPS) is 12.2. The fraction of sp³-hybridized carbons (Fsp3) is 0. The van der Waals surface area contributed by atoms with Gasteiger partial charge in [-0.15, -0.1) is 0 Å². The largest absolute Gasteiger partial charge is 0.433 e. The maximum Gasteiger partial charge on any atom is 0.433 e. The third-order valence-electron chi connectivity index (χ3n) is 2.48. The van der Waals surface area contributed by atoms with E-state index in [1.807, 2.05) is 0 Å². The molecule has 0 aromatic carbocycles. The van der Waals surface area contributed by atoms with Crippen molar-refractivity contribution in [3.63, 3.8) is 0 Å². The molecule has 0 aliphatic carbocycles. The second kappa shape index (κ2) is 7.98. The van der Waals surface area contributed by atoms with Crippen LogP contribution in [0.25, 0.3) is 12.2 Å². The van der Waals surface area contributed by atoms with E-state index in [4.69, 9.17) is 8.83 Å². The van der Waals surface area contributed by atoms with Crippen molar-refractivity contribution < 1.29 is 18.7 Å².